The molecular formula is C9H2Cl3F9Sn. The van der Waals surface area contributed by atoms with Crippen LogP contribution in [0.2, 0.25) is 0 Å². The predicted octanol–water partition coefficient (Wildman–Crippen LogP) is 5.61. The van der Waals surface area contributed by atoms with Gasteiger partial charge in [0, 0.05) is 0 Å². The summed E-state index contributed by atoms with van der Waals surface area (Å²) in [4.78, 5) is 0. The van der Waals surface area contributed by atoms with E-state index in [4.69, 9.17) is 26.8 Å². The maximum atomic E-state index is 12.8. The van der Waals surface area contributed by atoms with Crippen molar-refractivity contribution in [2.45, 2.75) is 18.5 Å². The van der Waals surface area contributed by atoms with E-state index >= 15 is 0 Å². The summed E-state index contributed by atoms with van der Waals surface area (Å²) in [5.41, 5.74) is -6.59. The summed E-state index contributed by atoms with van der Waals surface area (Å²) in [5, 5.41) is 0. The quantitative estimate of drug-likeness (QED) is 0.344. The third-order valence-corrected chi connectivity index (χ3v) is 9.32. The topological polar surface area (TPSA) is 0 Å². The first-order valence-electron chi connectivity index (χ1n) is 4.92. The molecule has 0 aliphatic heterocycles. The van der Waals surface area contributed by atoms with Crippen LogP contribution >= 0.6 is 26.8 Å². The zero-order chi connectivity index (χ0) is 17.7. The van der Waals surface area contributed by atoms with Crippen molar-refractivity contribution >= 4 is 45.3 Å². The number of rotatable bonds is 1. The second kappa shape index (κ2) is 5.96. The van der Waals surface area contributed by atoms with Gasteiger partial charge >= 0.3 is 132 Å². The van der Waals surface area contributed by atoms with E-state index in [9.17, 15) is 39.5 Å². The van der Waals surface area contributed by atoms with Crippen molar-refractivity contribution in [2.24, 2.45) is 0 Å². The van der Waals surface area contributed by atoms with Crippen LogP contribution in [0.1, 0.15) is 16.7 Å². The molecule has 13 heteroatoms. The van der Waals surface area contributed by atoms with Crippen molar-refractivity contribution in [1.82, 2.24) is 0 Å². The Morgan fingerprint density at radius 3 is 1.14 bits per heavy atom. The Balaban J connectivity index is 3.96. The molecule has 0 aliphatic carbocycles. The summed E-state index contributed by atoms with van der Waals surface area (Å²) in [5.74, 6) is 0. The van der Waals surface area contributed by atoms with Crippen LogP contribution in [0.25, 0.3) is 0 Å². The Bertz CT molecular complexity index is 533. The van der Waals surface area contributed by atoms with Gasteiger partial charge in [-0.3, -0.25) is 0 Å². The molecule has 0 bridgehead atoms. The Morgan fingerprint density at radius 1 is 0.636 bits per heavy atom. The van der Waals surface area contributed by atoms with E-state index < -0.39 is 65.9 Å². The molecule has 126 valence electrons. The van der Waals surface area contributed by atoms with Gasteiger partial charge in [0.1, 0.15) is 0 Å². The Kier molecular flexibility index (Phi) is 5.50. The molecular weight excluding hydrogens is 504 g/mol. The van der Waals surface area contributed by atoms with Crippen LogP contribution in [-0.4, -0.2) is 15.0 Å². The van der Waals surface area contributed by atoms with Crippen molar-refractivity contribution in [1.29, 1.82) is 0 Å². The summed E-state index contributed by atoms with van der Waals surface area (Å²) >= 11 is -5.62. The van der Waals surface area contributed by atoms with E-state index in [-0.39, 0.29) is 0 Å². The molecule has 0 saturated heterocycles. The molecule has 1 aromatic rings. The summed E-state index contributed by atoms with van der Waals surface area (Å²) < 4.78 is 113. The van der Waals surface area contributed by atoms with Crippen molar-refractivity contribution in [2.75, 3.05) is 0 Å². The monoisotopic (exact) mass is 506 g/mol. The molecule has 0 nitrogen and oxygen atoms in total. The molecule has 22 heavy (non-hydrogen) atoms. The summed E-state index contributed by atoms with van der Waals surface area (Å²) in [6.07, 6.45) is -16.5. The standard InChI is InChI=1S/C9H2F9.3ClH.Sn/c10-7(11,12)4-1-5(8(13,14)15)3-6(2-4)9(16,17)18;;;;/h1-2H;3*1H;/q;;;;+3/p-3. The molecule has 0 heterocycles. The average Bonchev–Trinajstić information content (AvgIpc) is 2.22. The molecule has 0 fully saturated rings. The van der Waals surface area contributed by atoms with E-state index in [1.54, 1.807) is 0 Å². The Labute approximate surface area is 132 Å². The van der Waals surface area contributed by atoms with Gasteiger partial charge in [-0.1, -0.05) is 0 Å². The molecule has 0 atom stereocenters. The van der Waals surface area contributed by atoms with Gasteiger partial charge in [-0.05, 0) is 0 Å². The number of hydrogen-bond acceptors (Lipinski definition) is 0. The van der Waals surface area contributed by atoms with Crippen LogP contribution in [0.5, 0.6) is 0 Å². The van der Waals surface area contributed by atoms with Gasteiger partial charge in [0.15, 0.2) is 0 Å². The first-order chi connectivity index (χ1) is 9.45. The normalized spacial score (nSPS) is 14.4. The van der Waals surface area contributed by atoms with Crippen LogP contribution in [0.3, 0.4) is 0 Å². The molecule has 0 aromatic heterocycles. The third kappa shape index (κ3) is 4.64. The van der Waals surface area contributed by atoms with Crippen molar-refractivity contribution in [3.63, 3.8) is 0 Å². The van der Waals surface area contributed by atoms with Crippen LogP contribution in [0.4, 0.5) is 39.5 Å². The van der Waals surface area contributed by atoms with Crippen molar-refractivity contribution in [3.05, 3.63) is 28.8 Å². The van der Waals surface area contributed by atoms with Crippen molar-refractivity contribution < 1.29 is 39.5 Å². The van der Waals surface area contributed by atoms with Gasteiger partial charge in [-0.15, -0.1) is 0 Å². The fourth-order valence-corrected chi connectivity index (χ4v) is 8.62. The average molecular weight is 506 g/mol. The van der Waals surface area contributed by atoms with Gasteiger partial charge in [-0.2, -0.15) is 0 Å². The Morgan fingerprint density at radius 2 is 0.955 bits per heavy atom. The van der Waals surface area contributed by atoms with Gasteiger partial charge in [-0.25, -0.2) is 0 Å². The van der Waals surface area contributed by atoms with E-state index in [2.05, 4.69) is 0 Å². The van der Waals surface area contributed by atoms with E-state index in [0.717, 1.165) is 0 Å². The molecule has 0 unspecified atom stereocenters. The number of alkyl halides is 9. The zero-order valence-corrected chi connectivity index (χ0v) is 14.8. The van der Waals surface area contributed by atoms with Gasteiger partial charge in [0.05, 0.1) is 0 Å². The van der Waals surface area contributed by atoms with E-state index in [1.807, 2.05) is 0 Å². The van der Waals surface area contributed by atoms with Gasteiger partial charge in [0.25, 0.3) is 0 Å². The van der Waals surface area contributed by atoms with Crippen LogP contribution < -0.4 is 3.58 Å². The summed E-state index contributed by atoms with van der Waals surface area (Å²) in [7, 11) is 15.9. The number of halogens is 12. The Hall–Kier alpha value is 0.259. The predicted molar refractivity (Wildman–Crippen MR) is 64.4 cm³/mol. The first-order valence-corrected chi connectivity index (χ1v) is 17.2. The summed E-state index contributed by atoms with van der Waals surface area (Å²) in [6.45, 7) is 0. The van der Waals surface area contributed by atoms with Gasteiger partial charge in [0.2, 0.25) is 0 Å². The fraction of sp³-hybridized carbons (Fsp3) is 0.333. The van der Waals surface area contributed by atoms with Crippen molar-refractivity contribution in [3.8, 4) is 0 Å². The minimum absolute atomic E-state index is 0.483. The SMILES string of the molecule is FC(F)(F)c1cc(C(F)(F)F)[c]([Sn]([Cl])([Cl])[Cl])c(C(F)(F)F)c1. The first kappa shape index (κ1) is 20.3. The second-order valence-electron chi connectivity index (χ2n) is 3.94. The van der Waals surface area contributed by atoms with E-state index in [1.165, 1.54) is 0 Å². The molecule has 1 rings (SSSR count). The third-order valence-electron chi connectivity index (χ3n) is 2.36. The van der Waals surface area contributed by atoms with E-state index in [0.29, 0.717) is 0 Å². The van der Waals surface area contributed by atoms with Crippen LogP contribution in [0, 0.1) is 0 Å². The fourth-order valence-electron chi connectivity index (χ4n) is 1.56. The van der Waals surface area contributed by atoms with Gasteiger partial charge < -0.3 is 0 Å². The maximum absolute atomic E-state index is 12.8. The number of hydrogen-bond donors (Lipinski definition) is 0. The molecule has 0 radical (unpaired) electrons. The molecule has 0 aliphatic rings. The molecule has 0 saturated carbocycles. The summed E-state index contributed by atoms with van der Waals surface area (Å²) in [6, 6.07) is -0.966. The zero-order valence-electron chi connectivity index (χ0n) is 9.69. The minimum atomic E-state index is -5.62. The molecule has 0 N–H and O–H groups in total. The molecule has 1 aromatic carbocycles. The second-order valence-corrected chi connectivity index (χ2v) is 23.5. The number of benzene rings is 1. The molecule has 0 amide bonds. The molecule has 0 spiro atoms. The van der Waals surface area contributed by atoms with Crippen LogP contribution in [-0.2, 0) is 18.5 Å². The van der Waals surface area contributed by atoms with Crippen LogP contribution in [0.15, 0.2) is 12.1 Å².